The second-order valence-corrected chi connectivity index (χ2v) is 6.89. The lowest BCUT2D eigenvalue weighted by Crippen LogP contribution is -2.14. The molecule has 0 spiro atoms. The third kappa shape index (κ3) is 3.54. The van der Waals surface area contributed by atoms with Gasteiger partial charge in [-0.15, -0.1) is 10.2 Å². The van der Waals surface area contributed by atoms with Crippen LogP contribution in [0.5, 0.6) is 0 Å². The van der Waals surface area contributed by atoms with Crippen LogP contribution in [-0.4, -0.2) is 36.3 Å². The van der Waals surface area contributed by atoms with Gasteiger partial charge in [0.05, 0.1) is 17.4 Å². The summed E-state index contributed by atoms with van der Waals surface area (Å²) >= 11 is 3.38. The molecule has 28 heavy (non-hydrogen) atoms. The number of benzene rings is 2. The van der Waals surface area contributed by atoms with E-state index in [9.17, 15) is 9.18 Å². The number of H-pyrrole nitrogens is 1. The van der Waals surface area contributed by atoms with Crippen molar-refractivity contribution < 1.29 is 9.18 Å². The molecule has 0 radical (unpaired) electrons. The molecule has 140 valence electrons. The van der Waals surface area contributed by atoms with Crippen molar-refractivity contribution in [3.63, 3.8) is 0 Å². The van der Waals surface area contributed by atoms with Gasteiger partial charge in [0.25, 0.3) is 5.91 Å². The van der Waals surface area contributed by atoms with E-state index in [2.05, 4.69) is 47.0 Å². The van der Waals surface area contributed by atoms with Crippen LogP contribution in [-0.2, 0) is 7.05 Å². The van der Waals surface area contributed by atoms with Crippen LogP contribution < -0.4 is 5.32 Å². The number of hydrogen-bond acceptors (Lipinski definition) is 5. The Morgan fingerprint density at radius 1 is 1.21 bits per heavy atom. The molecule has 8 nitrogen and oxygen atoms in total. The highest BCUT2D eigenvalue weighted by Crippen LogP contribution is 2.29. The van der Waals surface area contributed by atoms with E-state index in [-0.39, 0.29) is 5.56 Å². The fourth-order valence-electron chi connectivity index (χ4n) is 2.73. The molecule has 0 saturated carbocycles. The number of anilines is 1. The zero-order valence-electron chi connectivity index (χ0n) is 14.5. The molecule has 2 heterocycles. The lowest BCUT2D eigenvalue weighted by molar-refractivity contribution is 0.102. The summed E-state index contributed by atoms with van der Waals surface area (Å²) in [5, 5.41) is 20.6. The van der Waals surface area contributed by atoms with Crippen LogP contribution in [0, 0.1) is 5.82 Å². The largest absolute Gasteiger partial charge is 0.321 e. The van der Waals surface area contributed by atoms with Crippen LogP contribution in [0.1, 0.15) is 10.4 Å². The van der Waals surface area contributed by atoms with Crippen LogP contribution in [0.4, 0.5) is 10.1 Å². The maximum absolute atomic E-state index is 14.4. The van der Waals surface area contributed by atoms with Crippen molar-refractivity contribution in [3.05, 3.63) is 64.6 Å². The Morgan fingerprint density at radius 2 is 2.07 bits per heavy atom. The minimum absolute atomic E-state index is 0.0802. The highest BCUT2D eigenvalue weighted by Gasteiger charge is 2.17. The maximum Gasteiger partial charge on any atom is 0.258 e. The average molecular weight is 442 g/mol. The summed E-state index contributed by atoms with van der Waals surface area (Å²) in [6.07, 6.45) is 3.44. The standard InChI is InChI=1S/C18H13BrFN7O/c1-27-9-11(8-21-27)10-2-4-15(20)13(6-10)18(28)22-16-5-3-12(19)7-14(16)17-23-25-26-24-17/h2-9H,1H3,(H,22,28)(H,23,24,25,26). The van der Waals surface area contributed by atoms with E-state index in [1.807, 2.05) is 0 Å². The fourth-order valence-corrected chi connectivity index (χ4v) is 3.09. The first kappa shape index (κ1) is 18.0. The fraction of sp³-hybridized carbons (Fsp3) is 0.0556. The first-order valence-corrected chi connectivity index (χ1v) is 8.94. The summed E-state index contributed by atoms with van der Waals surface area (Å²) in [4.78, 5) is 12.8. The highest BCUT2D eigenvalue weighted by molar-refractivity contribution is 9.10. The number of carbonyl (C=O) groups excluding carboxylic acids is 1. The molecule has 4 rings (SSSR count). The second kappa shape index (κ2) is 7.31. The Kier molecular flexibility index (Phi) is 4.70. The number of aromatic nitrogens is 6. The van der Waals surface area contributed by atoms with E-state index in [1.54, 1.807) is 48.4 Å². The van der Waals surface area contributed by atoms with Crippen LogP contribution in [0.15, 0.2) is 53.3 Å². The van der Waals surface area contributed by atoms with Gasteiger partial charge >= 0.3 is 0 Å². The smallest absolute Gasteiger partial charge is 0.258 e. The molecule has 0 bridgehead atoms. The summed E-state index contributed by atoms with van der Waals surface area (Å²) in [5.74, 6) is -0.903. The van der Waals surface area contributed by atoms with Crippen LogP contribution in [0.25, 0.3) is 22.5 Å². The van der Waals surface area contributed by atoms with Crippen LogP contribution in [0.3, 0.4) is 0 Å². The van der Waals surface area contributed by atoms with Crippen molar-refractivity contribution >= 4 is 27.5 Å². The number of aromatic amines is 1. The molecule has 0 saturated heterocycles. The number of amides is 1. The number of carbonyl (C=O) groups is 1. The first-order valence-electron chi connectivity index (χ1n) is 8.14. The maximum atomic E-state index is 14.4. The predicted octanol–water partition coefficient (Wildman–Crippen LogP) is 3.42. The molecule has 0 atom stereocenters. The minimum Gasteiger partial charge on any atom is -0.321 e. The molecular weight excluding hydrogens is 429 g/mol. The minimum atomic E-state index is -0.622. The Labute approximate surface area is 166 Å². The first-order chi connectivity index (χ1) is 13.5. The topological polar surface area (TPSA) is 101 Å². The quantitative estimate of drug-likeness (QED) is 0.505. The number of nitrogens with zero attached hydrogens (tertiary/aromatic N) is 5. The summed E-state index contributed by atoms with van der Waals surface area (Å²) in [6, 6.07) is 9.53. The Morgan fingerprint density at radius 3 is 2.79 bits per heavy atom. The van der Waals surface area contributed by atoms with Gasteiger partial charge in [-0.25, -0.2) is 4.39 Å². The van der Waals surface area contributed by atoms with Crippen molar-refractivity contribution in [1.82, 2.24) is 30.4 Å². The van der Waals surface area contributed by atoms with Gasteiger partial charge in [-0.3, -0.25) is 9.48 Å². The van der Waals surface area contributed by atoms with Crippen molar-refractivity contribution in [3.8, 4) is 22.5 Å². The lowest BCUT2D eigenvalue weighted by atomic mass is 10.0. The van der Waals surface area contributed by atoms with Crippen molar-refractivity contribution in [2.24, 2.45) is 7.05 Å². The van der Waals surface area contributed by atoms with E-state index in [1.165, 1.54) is 12.1 Å². The van der Waals surface area contributed by atoms with Gasteiger partial charge in [0, 0.05) is 28.8 Å². The summed E-state index contributed by atoms with van der Waals surface area (Å²) in [6.45, 7) is 0. The lowest BCUT2D eigenvalue weighted by Gasteiger charge is -2.11. The van der Waals surface area contributed by atoms with E-state index >= 15 is 0 Å². The predicted molar refractivity (Wildman–Crippen MR) is 104 cm³/mol. The summed E-state index contributed by atoms with van der Waals surface area (Å²) < 4.78 is 16.8. The normalized spacial score (nSPS) is 10.8. The second-order valence-electron chi connectivity index (χ2n) is 5.98. The molecule has 0 aliphatic heterocycles. The number of tetrazole rings is 1. The van der Waals surface area contributed by atoms with E-state index in [0.29, 0.717) is 22.6 Å². The van der Waals surface area contributed by atoms with Gasteiger partial charge in [-0.1, -0.05) is 22.0 Å². The van der Waals surface area contributed by atoms with Crippen molar-refractivity contribution in [2.75, 3.05) is 5.32 Å². The monoisotopic (exact) mass is 441 g/mol. The number of nitrogens with one attached hydrogen (secondary N) is 2. The SMILES string of the molecule is Cn1cc(-c2ccc(F)c(C(=O)Nc3ccc(Br)cc3-c3nn[nH]n3)c2)cn1. The molecule has 0 aliphatic rings. The molecule has 4 aromatic rings. The molecule has 0 unspecified atom stereocenters. The van der Waals surface area contributed by atoms with Crippen molar-refractivity contribution in [2.45, 2.75) is 0 Å². The molecule has 0 fully saturated rings. The van der Waals surface area contributed by atoms with Gasteiger partial charge in [0.2, 0.25) is 5.82 Å². The van der Waals surface area contributed by atoms with Crippen LogP contribution >= 0.6 is 15.9 Å². The zero-order valence-corrected chi connectivity index (χ0v) is 16.1. The third-order valence-corrected chi connectivity index (χ3v) is 4.56. The Bertz CT molecular complexity index is 1160. The number of hydrogen-bond donors (Lipinski definition) is 2. The molecule has 2 N–H and O–H groups in total. The molecular formula is C18H13BrFN7O. The molecule has 0 aliphatic carbocycles. The van der Waals surface area contributed by atoms with E-state index < -0.39 is 11.7 Å². The van der Waals surface area contributed by atoms with Crippen LogP contribution in [0.2, 0.25) is 0 Å². The number of halogens is 2. The Balaban J connectivity index is 1.68. The van der Waals surface area contributed by atoms with Gasteiger partial charge in [-0.05, 0) is 41.1 Å². The van der Waals surface area contributed by atoms with Gasteiger partial charge in [-0.2, -0.15) is 10.3 Å². The van der Waals surface area contributed by atoms with Gasteiger partial charge in [0.1, 0.15) is 5.82 Å². The van der Waals surface area contributed by atoms with E-state index in [0.717, 1.165) is 10.0 Å². The van der Waals surface area contributed by atoms with Gasteiger partial charge < -0.3 is 5.32 Å². The van der Waals surface area contributed by atoms with Gasteiger partial charge in [0.15, 0.2) is 0 Å². The Hall–Kier alpha value is -3.40. The molecule has 1 amide bonds. The highest BCUT2D eigenvalue weighted by atomic mass is 79.9. The molecule has 2 aromatic carbocycles. The summed E-state index contributed by atoms with van der Waals surface area (Å²) in [7, 11) is 1.79. The molecule has 2 aromatic heterocycles. The third-order valence-electron chi connectivity index (χ3n) is 4.07. The van der Waals surface area contributed by atoms with E-state index in [4.69, 9.17) is 0 Å². The molecule has 10 heteroatoms. The average Bonchev–Trinajstić information content (AvgIpc) is 3.35. The number of rotatable bonds is 4. The number of aryl methyl sites for hydroxylation is 1. The summed E-state index contributed by atoms with van der Waals surface area (Å²) in [5.41, 5.74) is 2.37. The zero-order chi connectivity index (χ0) is 19.7. The van der Waals surface area contributed by atoms with Crippen molar-refractivity contribution in [1.29, 1.82) is 0 Å².